The number of hydrogen-bond acceptors (Lipinski definition) is 7. The number of sulfonamides is 1. The van der Waals surface area contributed by atoms with Gasteiger partial charge in [0.25, 0.3) is 0 Å². The molecule has 8 nitrogen and oxygen atoms in total. The molecule has 3 saturated heterocycles. The van der Waals surface area contributed by atoms with Crippen LogP contribution in [0.4, 0.5) is 11.6 Å². The molecule has 3 fully saturated rings. The van der Waals surface area contributed by atoms with E-state index in [9.17, 15) is 8.42 Å². The maximum absolute atomic E-state index is 11.4. The number of nitrogens with two attached hydrogens (primary N) is 1. The van der Waals surface area contributed by atoms with E-state index in [4.69, 9.17) is 9.88 Å². The largest absolute Gasteiger partial charge is 0.486 e. The Morgan fingerprint density at radius 1 is 1.16 bits per heavy atom. The van der Waals surface area contributed by atoms with Crippen LogP contribution in [0.3, 0.4) is 0 Å². The first-order valence-electron chi connectivity index (χ1n) is 10.1. The topological polar surface area (TPSA) is 110 Å². The van der Waals surface area contributed by atoms with E-state index in [0.29, 0.717) is 17.6 Å². The summed E-state index contributed by atoms with van der Waals surface area (Å²) in [7, 11) is -3.73. The van der Waals surface area contributed by atoms with Gasteiger partial charge in [0.1, 0.15) is 17.4 Å². The molecule has 2 bridgehead atoms. The highest BCUT2D eigenvalue weighted by Crippen LogP contribution is 2.35. The molecule has 0 aliphatic carbocycles. The van der Waals surface area contributed by atoms with Crippen LogP contribution in [-0.2, 0) is 10.0 Å². The second kappa shape index (κ2) is 8.01. The number of benzene rings is 2. The van der Waals surface area contributed by atoms with Crippen molar-refractivity contribution in [1.29, 1.82) is 0 Å². The predicted octanol–water partition coefficient (Wildman–Crippen LogP) is 3.26. The van der Waals surface area contributed by atoms with Crippen molar-refractivity contribution in [3.05, 3.63) is 47.1 Å². The van der Waals surface area contributed by atoms with E-state index < -0.39 is 10.0 Å². The molecule has 3 N–H and O–H groups in total. The van der Waals surface area contributed by atoms with Crippen molar-refractivity contribution >= 4 is 48.5 Å². The van der Waals surface area contributed by atoms with Crippen LogP contribution >= 0.6 is 15.9 Å². The molecule has 0 spiro atoms. The van der Waals surface area contributed by atoms with Crippen LogP contribution in [0.25, 0.3) is 10.9 Å². The first kappa shape index (κ1) is 20.6. The predicted molar refractivity (Wildman–Crippen MR) is 122 cm³/mol. The SMILES string of the molecule is NS(=O)(=O)c1ccc(Nc2ncc3cc(Br)cc(OC4CN5CCC4CC5)c3n2)cc1. The number of nitrogens with zero attached hydrogens (tertiary/aromatic N) is 3. The molecule has 31 heavy (non-hydrogen) atoms. The molecular formula is C21H22BrN5O3S. The maximum atomic E-state index is 11.4. The van der Waals surface area contributed by atoms with E-state index in [1.807, 2.05) is 12.1 Å². The molecule has 3 aliphatic heterocycles. The second-order valence-corrected chi connectivity index (χ2v) is 10.5. The summed E-state index contributed by atoms with van der Waals surface area (Å²) < 4.78 is 30.3. The third-order valence-corrected chi connectivity index (χ3v) is 7.31. The molecule has 3 aromatic rings. The van der Waals surface area contributed by atoms with E-state index in [2.05, 4.69) is 36.1 Å². The number of rotatable bonds is 5. The summed E-state index contributed by atoms with van der Waals surface area (Å²) in [4.78, 5) is 11.6. The number of fused-ring (bicyclic) bond motifs is 4. The van der Waals surface area contributed by atoms with Crippen molar-refractivity contribution in [1.82, 2.24) is 14.9 Å². The Morgan fingerprint density at radius 3 is 2.55 bits per heavy atom. The van der Waals surface area contributed by atoms with Gasteiger partial charge in [-0.15, -0.1) is 0 Å². The van der Waals surface area contributed by atoms with Gasteiger partial charge in [0, 0.05) is 28.3 Å². The molecule has 0 radical (unpaired) electrons. The van der Waals surface area contributed by atoms with E-state index in [1.165, 1.54) is 25.0 Å². The van der Waals surface area contributed by atoms with Gasteiger partial charge in [-0.25, -0.2) is 23.5 Å². The highest BCUT2D eigenvalue weighted by molar-refractivity contribution is 9.10. The Kier molecular flexibility index (Phi) is 5.33. The highest BCUT2D eigenvalue weighted by atomic mass is 79.9. The summed E-state index contributed by atoms with van der Waals surface area (Å²) in [6, 6.07) is 10.1. The van der Waals surface area contributed by atoms with Crippen LogP contribution in [0.2, 0.25) is 0 Å². The molecule has 4 heterocycles. The monoisotopic (exact) mass is 503 g/mol. The average Bonchev–Trinajstić information content (AvgIpc) is 2.75. The molecule has 0 saturated carbocycles. The number of ether oxygens (including phenoxy) is 1. The normalized spacial score (nSPS) is 23.1. The van der Waals surface area contributed by atoms with Crippen LogP contribution in [0.15, 0.2) is 52.0 Å². The average molecular weight is 504 g/mol. The number of piperidine rings is 3. The molecule has 6 rings (SSSR count). The molecule has 10 heteroatoms. The zero-order valence-electron chi connectivity index (χ0n) is 16.7. The number of nitrogens with one attached hydrogen (secondary N) is 1. The number of primary sulfonamides is 1. The smallest absolute Gasteiger partial charge is 0.238 e. The van der Waals surface area contributed by atoms with Gasteiger partial charge in [0.05, 0.1) is 4.90 Å². The quantitative estimate of drug-likeness (QED) is 0.549. The number of halogens is 1. The van der Waals surface area contributed by atoms with Crippen molar-refractivity contribution in [2.24, 2.45) is 11.1 Å². The highest BCUT2D eigenvalue weighted by Gasteiger charge is 2.35. The van der Waals surface area contributed by atoms with Crippen LogP contribution in [0.5, 0.6) is 5.75 Å². The fraction of sp³-hybridized carbons (Fsp3) is 0.333. The third kappa shape index (κ3) is 4.38. The lowest BCUT2D eigenvalue weighted by molar-refractivity contribution is -0.00712. The van der Waals surface area contributed by atoms with Crippen LogP contribution in [0, 0.1) is 5.92 Å². The Bertz CT molecular complexity index is 1230. The van der Waals surface area contributed by atoms with Crippen molar-refractivity contribution in [3.63, 3.8) is 0 Å². The van der Waals surface area contributed by atoms with Gasteiger partial charge in [-0.05, 0) is 68.2 Å². The number of aromatic nitrogens is 2. The molecule has 0 amide bonds. The number of hydrogen-bond donors (Lipinski definition) is 2. The summed E-state index contributed by atoms with van der Waals surface area (Å²) in [5, 5.41) is 9.15. The zero-order valence-corrected chi connectivity index (χ0v) is 19.1. The van der Waals surface area contributed by atoms with E-state index in [1.54, 1.807) is 18.3 Å². The van der Waals surface area contributed by atoms with Gasteiger partial charge in [-0.3, -0.25) is 4.90 Å². The van der Waals surface area contributed by atoms with Crippen LogP contribution in [-0.4, -0.2) is 49.0 Å². The minimum atomic E-state index is -3.73. The number of anilines is 2. The van der Waals surface area contributed by atoms with Gasteiger partial charge in [-0.2, -0.15) is 0 Å². The van der Waals surface area contributed by atoms with Crippen molar-refractivity contribution in [3.8, 4) is 5.75 Å². The minimum Gasteiger partial charge on any atom is -0.486 e. The van der Waals surface area contributed by atoms with Gasteiger partial charge < -0.3 is 10.1 Å². The first-order valence-corrected chi connectivity index (χ1v) is 12.4. The second-order valence-electron chi connectivity index (χ2n) is 8.02. The molecule has 2 aromatic carbocycles. The van der Waals surface area contributed by atoms with Crippen LogP contribution < -0.4 is 15.2 Å². The van der Waals surface area contributed by atoms with E-state index in [0.717, 1.165) is 40.8 Å². The van der Waals surface area contributed by atoms with E-state index in [-0.39, 0.29) is 11.0 Å². The van der Waals surface area contributed by atoms with E-state index >= 15 is 0 Å². The van der Waals surface area contributed by atoms with Gasteiger partial charge >= 0.3 is 0 Å². The molecule has 1 aromatic heterocycles. The molecule has 1 unspecified atom stereocenters. The first-order chi connectivity index (χ1) is 14.8. The van der Waals surface area contributed by atoms with Gasteiger partial charge in [0.15, 0.2) is 0 Å². The zero-order chi connectivity index (χ0) is 21.6. The standard InChI is InChI=1S/C21H22BrN5O3S/c22-15-9-14-11-24-21(25-16-1-3-17(4-2-16)31(23,28)29)26-20(14)18(10-15)30-19-12-27-7-5-13(19)6-8-27/h1-4,9-11,13,19H,5-8,12H2,(H2,23,28,29)(H,24,25,26). The summed E-state index contributed by atoms with van der Waals surface area (Å²) >= 11 is 3.56. The summed E-state index contributed by atoms with van der Waals surface area (Å²) in [6.07, 6.45) is 4.26. The van der Waals surface area contributed by atoms with Crippen molar-refractivity contribution in [2.45, 2.75) is 23.8 Å². The lowest BCUT2D eigenvalue weighted by Gasteiger charge is -2.44. The molecule has 3 aliphatic rings. The summed E-state index contributed by atoms with van der Waals surface area (Å²) in [5.74, 6) is 1.71. The Hall–Kier alpha value is -2.27. The fourth-order valence-corrected chi connectivity index (χ4v) is 5.26. The Morgan fingerprint density at radius 2 is 1.90 bits per heavy atom. The summed E-state index contributed by atoms with van der Waals surface area (Å²) in [5.41, 5.74) is 1.39. The van der Waals surface area contributed by atoms with Crippen molar-refractivity contribution in [2.75, 3.05) is 25.0 Å². The molecule has 162 valence electrons. The minimum absolute atomic E-state index is 0.0514. The van der Waals surface area contributed by atoms with Gasteiger partial charge in [0.2, 0.25) is 16.0 Å². The summed E-state index contributed by atoms with van der Waals surface area (Å²) in [6.45, 7) is 3.26. The Balaban J connectivity index is 1.43. The lowest BCUT2D eigenvalue weighted by atomic mass is 9.86. The molecular weight excluding hydrogens is 482 g/mol. The van der Waals surface area contributed by atoms with Crippen molar-refractivity contribution < 1.29 is 13.2 Å². The maximum Gasteiger partial charge on any atom is 0.238 e. The molecule has 1 atom stereocenters. The van der Waals surface area contributed by atoms with Crippen LogP contribution in [0.1, 0.15) is 12.8 Å². The van der Waals surface area contributed by atoms with Gasteiger partial charge in [-0.1, -0.05) is 15.9 Å². The lowest BCUT2D eigenvalue weighted by Crippen LogP contribution is -2.52. The Labute approximate surface area is 189 Å². The fourth-order valence-electron chi connectivity index (χ4n) is 4.29. The third-order valence-electron chi connectivity index (χ3n) is 5.93.